The Kier molecular flexibility index (Phi) is 6.37. The van der Waals surface area contributed by atoms with Crippen molar-refractivity contribution in [3.8, 4) is 11.5 Å². The molecule has 0 aliphatic heterocycles. The smallest absolute Gasteiger partial charge is 0.247 e. The van der Waals surface area contributed by atoms with E-state index in [0.717, 1.165) is 16.6 Å². The number of hydrogen-bond donors (Lipinski definition) is 1. The Morgan fingerprint density at radius 1 is 0.933 bits per heavy atom. The number of carbonyl (C=O) groups excluding carboxylic acids is 1. The van der Waals surface area contributed by atoms with Gasteiger partial charge in [0, 0.05) is 5.69 Å². The van der Waals surface area contributed by atoms with Crippen LogP contribution in [-0.4, -0.2) is 26.6 Å². The lowest BCUT2D eigenvalue weighted by Gasteiger charge is -2.28. The molecule has 8 heteroatoms. The van der Waals surface area contributed by atoms with Crippen molar-refractivity contribution in [2.75, 3.05) is 15.9 Å². The first-order valence-corrected chi connectivity index (χ1v) is 11.0. The molecule has 3 aromatic carbocycles. The van der Waals surface area contributed by atoms with Crippen LogP contribution in [0.5, 0.6) is 11.5 Å². The fourth-order valence-corrected chi connectivity index (χ4v) is 4.06. The van der Waals surface area contributed by atoms with Gasteiger partial charge in [-0.1, -0.05) is 30.3 Å². The molecule has 0 saturated heterocycles. The number of ether oxygens (including phenoxy) is 1. The second-order valence-corrected chi connectivity index (χ2v) is 8.47. The average molecular weight is 428 g/mol. The molecule has 0 radical (unpaired) electrons. The highest BCUT2D eigenvalue weighted by atomic mass is 32.2. The predicted octanol–water partition coefficient (Wildman–Crippen LogP) is 4.41. The van der Waals surface area contributed by atoms with Crippen LogP contribution in [-0.2, 0) is 14.8 Å². The molecule has 0 bridgehead atoms. The van der Waals surface area contributed by atoms with Gasteiger partial charge in [0.25, 0.3) is 0 Å². The Morgan fingerprint density at radius 2 is 1.50 bits per heavy atom. The van der Waals surface area contributed by atoms with Crippen molar-refractivity contribution >= 4 is 27.3 Å². The van der Waals surface area contributed by atoms with Crippen LogP contribution >= 0.6 is 0 Å². The molecule has 3 aromatic rings. The fourth-order valence-electron chi connectivity index (χ4n) is 2.89. The fraction of sp³-hybridized carbons (Fsp3) is 0.136. The van der Waals surface area contributed by atoms with E-state index >= 15 is 0 Å². The van der Waals surface area contributed by atoms with Crippen molar-refractivity contribution in [3.63, 3.8) is 0 Å². The van der Waals surface area contributed by atoms with Crippen LogP contribution in [0, 0.1) is 5.82 Å². The Hall–Kier alpha value is -3.39. The van der Waals surface area contributed by atoms with E-state index in [4.69, 9.17) is 4.74 Å². The standard InChI is InChI=1S/C22H21FN2O4S/c1-16(25(30(2,27)28)21-11-7-6-10-20(21)23)22(26)24-17-12-14-19(15-13-17)29-18-8-4-3-5-9-18/h3-16H,1-2H3,(H,24,26)/t16-/m1/s1. The summed E-state index contributed by atoms with van der Waals surface area (Å²) in [6, 6.07) is 20.1. The summed E-state index contributed by atoms with van der Waals surface area (Å²) in [6.45, 7) is 1.40. The van der Waals surface area contributed by atoms with Gasteiger partial charge in [0.15, 0.2) is 0 Å². The number of benzene rings is 3. The molecule has 6 nitrogen and oxygen atoms in total. The quantitative estimate of drug-likeness (QED) is 0.605. The lowest BCUT2D eigenvalue weighted by Crippen LogP contribution is -2.45. The molecule has 156 valence electrons. The molecule has 3 rings (SSSR count). The topological polar surface area (TPSA) is 75.7 Å². The lowest BCUT2D eigenvalue weighted by molar-refractivity contribution is -0.116. The van der Waals surface area contributed by atoms with E-state index in [1.807, 2.05) is 30.3 Å². The van der Waals surface area contributed by atoms with Crippen LogP contribution in [0.4, 0.5) is 15.8 Å². The predicted molar refractivity (Wildman–Crippen MR) is 115 cm³/mol. The number of hydrogen-bond acceptors (Lipinski definition) is 4. The molecule has 0 saturated carbocycles. The molecular formula is C22H21FN2O4S. The van der Waals surface area contributed by atoms with Gasteiger partial charge < -0.3 is 10.1 Å². The number of amides is 1. The second kappa shape index (κ2) is 8.96. The maximum atomic E-state index is 14.2. The number of sulfonamides is 1. The summed E-state index contributed by atoms with van der Waals surface area (Å²) in [7, 11) is -3.91. The summed E-state index contributed by atoms with van der Waals surface area (Å²) in [4.78, 5) is 12.7. The third-order valence-corrected chi connectivity index (χ3v) is 5.51. The molecule has 1 atom stereocenters. The zero-order valence-corrected chi connectivity index (χ0v) is 17.3. The summed E-state index contributed by atoms with van der Waals surface area (Å²) >= 11 is 0. The minimum Gasteiger partial charge on any atom is -0.457 e. The van der Waals surface area contributed by atoms with E-state index in [9.17, 15) is 17.6 Å². The van der Waals surface area contributed by atoms with Crippen LogP contribution in [0.3, 0.4) is 0 Å². The van der Waals surface area contributed by atoms with E-state index in [1.165, 1.54) is 25.1 Å². The summed E-state index contributed by atoms with van der Waals surface area (Å²) < 4.78 is 45.2. The van der Waals surface area contributed by atoms with Crippen LogP contribution in [0.25, 0.3) is 0 Å². The van der Waals surface area contributed by atoms with E-state index in [1.54, 1.807) is 24.3 Å². The van der Waals surface area contributed by atoms with Crippen LogP contribution in [0.15, 0.2) is 78.9 Å². The first-order chi connectivity index (χ1) is 14.3. The van der Waals surface area contributed by atoms with Crippen molar-refractivity contribution in [3.05, 3.63) is 84.7 Å². The van der Waals surface area contributed by atoms with Gasteiger partial charge in [-0.2, -0.15) is 0 Å². The molecule has 1 N–H and O–H groups in total. The van der Waals surface area contributed by atoms with Gasteiger partial charge in [0.05, 0.1) is 11.9 Å². The Bertz CT molecular complexity index is 1120. The van der Waals surface area contributed by atoms with Crippen molar-refractivity contribution < 1.29 is 22.3 Å². The van der Waals surface area contributed by atoms with E-state index in [0.29, 0.717) is 17.2 Å². The molecule has 0 aliphatic carbocycles. The summed E-state index contributed by atoms with van der Waals surface area (Å²) in [5.74, 6) is -0.0710. The Morgan fingerprint density at radius 3 is 2.10 bits per heavy atom. The van der Waals surface area contributed by atoms with Crippen LogP contribution in [0.2, 0.25) is 0 Å². The highest BCUT2D eigenvalue weighted by molar-refractivity contribution is 7.92. The zero-order chi connectivity index (χ0) is 21.7. The molecule has 0 spiro atoms. The number of anilines is 2. The Balaban J connectivity index is 1.74. The Labute approximate surface area is 175 Å². The molecule has 1 amide bonds. The SMILES string of the molecule is C[C@H](C(=O)Nc1ccc(Oc2ccccc2)cc1)N(c1ccccc1F)S(C)(=O)=O. The lowest BCUT2D eigenvalue weighted by atomic mass is 10.2. The van der Waals surface area contributed by atoms with Gasteiger partial charge in [0.2, 0.25) is 15.9 Å². The zero-order valence-electron chi connectivity index (χ0n) is 16.4. The number of halogens is 1. The van der Waals surface area contributed by atoms with Crippen molar-refractivity contribution in [2.45, 2.75) is 13.0 Å². The number of rotatable bonds is 7. The number of para-hydroxylation sites is 2. The first-order valence-electron chi connectivity index (χ1n) is 9.13. The van der Waals surface area contributed by atoms with Gasteiger partial charge in [-0.25, -0.2) is 12.8 Å². The second-order valence-electron chi connectivity index (χ2n) is 6.61. The van der Waals surface area contributed by atoms with E-state index in [2.05, 4.69) is 5.32 Å². The monoisotopic (exact) mass is 428 g/mol. The van der Waals surface area contributed by atoms with Crippen molar-refractivity contribution in [1.29, 1.82) is 0 Å². The molecule has 30 heavy (non-hydrogen) atoms. The van der Waals surface area contributed by atoms with Gasteiger partial charge in [-0.05, 0) is 55.5 Å². The molecule has 0 aliphatic rings. The highest BCUT2D eigenvalue weighted by Crippen LogP contribution is 2.26. The number of nitrogens with one attached hydrogen (secondary N) is 1. The van der Waals surface area contributed by atoms with Gasteiger partial charge in [-0.15, -0.1) is 0 Å². The minimum absolute atomic E-state index is 0.186. The molecule has 0 unspecified atom stereocenters. The first kappa shape index (κ1) is 21.3. The summed E-state index contributed by atoms with van der Waals surface area (Å²) in [5.41, 5.74) is 0.267. The van der Waals surface area contributed by atoms with Crippen LogP contribution < -0.4 is 14.4 Å². The third kappa shape index (κ3) is 5.15. The largest absolute Gasteiger partial charge is 0.457 e. The number of carbonyl (C=O) groups is 1. The maximum absolute atomic E-state index is 14.2. The average Bonchev–Trinajstić information content (AvgIpc) is 2.71. The molecule has 0 heterocycles. The summed E-state index contributed by atoms with van der Waals surface area (Å²) in [5, 5.41) is 2.65. The minimum atomic E-state index is -3.91. The molecule has 0 fully saturated rings. The third-order valence-electron chi connectivity index (χ3n) is 4.28. The molecule has 0 aromatic heterocycles. The van der Waals surface area contributed by atoms with Gasteiger partial charge >= 0.3 is 0 Å². The van der Waals surface area contributed by atoms with Crippen molar-refractivity contribution in [1.82, 2.24) is 0 Å². The highest BCUT2D eigenvalue weighted by Gasteiger charge is 2.30. The van der Waals surface area contributed by atoms with E-state index in [-0.39, 0.29) is 5.69 Å². The maximum Gasteiger partial charge on any atom is 0.247 e. The van der Waals surface area contributed by atoms with Crippen molar-refractivity contribution in [2.24, 2.45) is 0 Å². The van der Waals surface area contributed by atoms with E-state index < -0.39 is 27.8 Å². The van der Waals surface area contributed by atoms with Gasteiger partial charge in [-0.3, -0.25) is 9.10 Å². The van der Waals surface area contributed by atoms with Crippen LogP contribution in [0.1, 0.15) is 6.92 Å². The normalized spacial score (nSPS) is 12.1. The summed E-state index contributed by atoms with van der Waals surface area (Å²) in [6.07, 6.45) is 0.929. The molecular weight excluding hydrogens is 407 g/mol. The number of nitrogens with zero attached hydrogens (tertiary/aromatic N) is 1. The van der Waals surface area contributed by atoms with Gasteiger partial charge in [0.1, 0.15) is 23.4 Å².